The summed E-state index contributed by atoms with van der Waals surface area (Å²) in [5.41, 5.74) is 0.306. The number of carbonyl (C=O) groups is 1. The van der Waals surface area contributed by atoms with Crippen molar-refractivity contribution in [2.45, 2.75) is 30.3 Å². The number of rotatable bonds is 6. The Morgan fingerprint density at radius 3 is 2.74 bits per heavy atom. The van der Waals surface area contributed by atoms with Crippen LogP contribution in [0.1, 0.15) is 28.1 Å². The van der Waals surface area contributed by atoms with Crippen LogP contribution in [0.15, 0.2) is 45.1 Å². The van der Waals surface area contributed by atoms with E-state index in [2.05, 4.69) is 26.0 Å². The first kappa shape index (κ1) is 16.6. The van der Waals surface area contributed by atoms with Crippen molar-refractivity contribution in [2.24, 2.45) is 0 Å². The Labute approximate surface area is 147 Å². The lowest BCUT2D eigenvalue weighted by Gasteiger charge is -2.10. The molecule has 1 amide bonds. The van der Waals surface area contributed by atoms with Gasteiger partial charge in [-0.1, -0.05) is 6.07 Å². The molecule has 0 unspecified atom stereocenters. The first-order valence-corrected chi connectivity index (χ1v) is 10.2. The Kier molecular flexibility index (Phi) is 4.86. The number of benzene rings is 1. The molecule has 0 radical (unpaired) electrons. The Morgan fingerprint density at radius 2 is 2.09 bits per heavy atom. The van der Waals surface area contributed by atoms with Crippen molar-refractivity contribution in [2.75, 3.05) is 0 Å². The summed E-state index contributed by atoms with van der Waals surface area (Å²) >= 11 is 4.86. The number of nitrogens with one attached hydrogen (secondary N) is 2. The van der Waals surface area contributed by atoms with Crippen molar-refractivity contribution in [3.63, 3.8) is 0 Å². The van der Waals surface area contributed by atoms with E-state index < -0.39 is 10.0 Å². The molecule has 1 heterocycles. The van der Waals surface area contributed by atoms with Gasteiger partial charge in [0.1, 0.15) is 0 Å². The number of hydrogen-bond donors (Lipinski definition) is 2. The lowest BCUT2D eigenvalue weighted by molar-refractivity contribution is 0.0950. The van der Waals surface area contributed by atoms with E-state index in [0.29, 0.717) is 16.6 Å². The molecule has 122 valence electrons. The number of carbonyl (C=O) groups excluding carboxylic acids is 1. The average Bonchev–Trinajstić information content (AvgIpc) is 3.15. The van der Waals surface area contributed by atoms with E-state index in [-0.39, 0.29) is 16.8 Å². The predicted octanol–water partition coefficient (Wildman–Crippen LogP) is 2.88. The second-order valence-corrected chi connectivity index (χ2v) is 8.90. The van der Waals surface area contributed by atoms with Crippen LogP contribution in [-0.4, -0.2) is 20.4 Å². The molecule has 0 spiro atoms. The molecule has 0 aliphatic heterocycles. The van der Waals surface area contributed by atoms with Crippen LogP contribution in [0.3, 0.4) is 0 Å². The van der Waals surface area contributed by atoms with Gasteiger partial charge in [0.05, 0.1) is 17.0 Å². The van der Waals surface area contributed by atoms with Crippen LogP contribution in [0.2, 0.25) is 0 Å². The van der Waals surface area contributed by atoms with E-state index in [1.807, 2.05) is 17.5 Å². The van der Waals surface area contributed by atoms with E-state index in [1.54, 1.807) is 17.4 Å². The normalized spacial score (nSPS) is 14.7. The van der Waals surface area contributed by atoms with Crippen LogP contribution in [0.5, 0.6) is 0 Å². The van der Waals surface area contributed by atoms with Crippen molar-refractivity contribution >= 4 is 43.2 Å². The standard InChI is InChI=1S/C15H15BrN2O3S2/c16-14-6-5-12(23(20,21)18-10-3-4-10)8-13(14)15(19)17-9-11-2-1-7-22-11/h1-2,5-8,10,18H,3-4,9H2,(H,17,19). The Balaban J connectivity index is 1.78. The van der Waals surface area contributed by atoms with Crippen molar-refractivity contribution in [1.82, 2.24) is 10.0 Å². The second-order valence-electron chi connectivity index (χ2n) is 5.30. The maximum Gasteiger partial charge on any atom is 0.252 e. The van der Waals surface area contributed by atoms with Gasteiger partial charge >= 0.3 is 0 Å². The summed E-state index contributed by atoms with van der Waals surface area (Å²) in [5.74, 6) is -0.311. The number of amides is 1. The Bertz CT molecular complexity index is 815. The maximum atomic E-state index is 12.3. The van der Waals surface area contributed by atoms with Gasteiger partial charge in [0.25, 0.3) is 5.91 Å². The van der Waals surface area contributed by atoms with Gasteiger partial charge in [0.15, 0.2) is 0 Å². The molecule has 1 aliphatic carbocycles. The van der Waals surface area contributed by atoms with Crippen LogP contribution in [0.25, 0.3) is 0 Å². The van der Waals surface area contributed by atoms with E-state index in [9.17, 15) is 13.2 Å². The van der Waals surface area contributed by atoms with Gasteiger partial charge in [0, 0.05) is 15.4 Å². The molecule has 1 fully saturated rings. The van der Waals surface area contributed by atoms with Gasteiger partial charge in [0.2, 0.25) is 10.0 Å². The molecule has 0 atom stereocenters. The van der Waals surface area contributed by atoms with Crippen LogP contribution in [-0.2, 0) is 16.6 Å². The van der Waals surface area contributed by atoms with Crippen molar-refractivity contribution in [3.05, 3.63) is 50.6 Å². The Morgan fingerprint density at radius 1 is 1.30 bits per heavy atom. The molecule has 3 rings (SSSR count). The molecule has 1 aliphatic rings. The molecule has 0 bridgehead atoms. The van der Waals surface area contributed by atoms with E-state index in [1.165, 1.54) is 12.1 Å². The summed E-state index contributed by atoms with van der Waals surface area (Å²) in [5, 5.41) is 4.74. The van der Waals surface area contributed by atoms with Crippen molar-refractivity contribution in [1.29, 1.82) is 0 Å². The third-order valence-corrected chi connectivity index (χ3v) is 6.48. The molecule has 8 heteroatoms. The molecular formula is C15H15BrN2O3S2. The fraction of sp³-hybridized carbons (Fsp3) is 0.267. The second kappa shape index (κ2) is 6.72. The summed E-state index contributed by atoms with van der Waals surface area (Å²) in [4.78, 5) is 13.5. The number of hydrogen-bond acceptors (Lipinski definition) is 4. The molecule has 1 aromatic carbocycles. The monoisotopic (exact) mass is 414 g/mol. The molecule has 2 N–H and O–H groups in total. The zero-order valence-corrected chi connectivity index (χ0v) is 15.3. The largest absolute Gasteiger partial charge is 0.347 e. The summed E-state index contributed by atoms with van der Waals surface area (Å²) in [6, 6.07) is 8.35. The van der Waals surface area contributed by atoms with Gasteiger partial charge in [-0.2, -0.15) is 0 Å². The zero-order chi connectivity index (χ0) is 16.4. The lowest BCUT2D eigenvalue weighted by atomic mass is 10.2. The molecule has 2 aromatic rings. The van der Waals surface area contributed by atoms with Crippen LogP contribution in [0.4, 0.5) is 0 Å². The molecule has 5 nitrogen and oxygen atoms in total. The van der Waals surface area contributed by atoms with E-state index in [0.717, 1.165) is 17.7 Å². The molecular weight excluding hydrogens is 400 g/mol. The summed E-state index contributed by atoms with van der Waals surface area (Å²) in [6.07, 6.45) is 1.73. The molecule has 0 saturated heterocycles. The summed E-state index contributed by atoms with van der Waals surface area (Å²) < 4.78 is 27.7. The average molecular weight is 415 g/mol. The predicted molar refractivity (Wildman–Crippen MR) is 93.0 cm³/mol. The van der Waals surface area contributed by atoms with Crippen LogP contribution >= 0.6 is 27.3 Å². The fourth-order valence-corrected chi connectivity index (χ4v) is 4.41. The third-order valence-electron chi connectivity index (χ3n) is 3.40. The Hall–Kier alpha value is -1.22. The maximum absolute atomic E-state index is 12.3. The first-order valence-electron chi connectivity index (χ1n) is 7.08. The molecule has 1 saturated carbocycles. The highest BCUT2D eigenvalue weighted by Crippen LogP contribution is 2.25. The van der Waals surface area contributed by atoms with Crippen LogP contribution in [0, 0.1) is 0 Å². The lowest BCUT2D eigenvalue weighted by Crippen LogP contribution is -2.27. The summed E-state index contributed by atoms with van der Waals surface area (Å²) in [7, 11) is -3.58. The highest BCUT2D eigenvalue weighted by molar-refractivity contribution is 9.10. The highest BCUT2D eigenvalue weighted by atomic mass is 79.9. The van der Waals surface area contributed by atoms with Gasteiger partial charge in [-0.25, -0.2) is 13.1 Å². The number of thiophene rings is 1. The van der Waals surface area contributed by atoms with E-state index >= 15 is 0 Å². The third kappa shape index (κ3) is 4.20. The quantitative estimate of drug-likeness (QED) is 0.762. The molecule has 1 aromatic heterocycles. The topological polar surface area (TPSA) is 75.3 Å². The van der Waals surface area contributed by atoms with Gasteiger partial charge in [-0.3, -0.25) is 4.79 Å². The van der Waals surface area contributed by atoms with E-state index in [4.69, 9.17) is 0 Å². The summed E-state index contributed by atoms with van der Waals surface area (Å²) in [6.45, 7) is 0.417. The zero-order valence-electron chi connectivity index (χ0n) is 12.1. The minimum Gasteiger partial charge on any atom is -0.347 e. The SMILES string of the molecule is O=C(NCc1cccs1)c1cc(S(=O)(=O)NC2CC2)ccc1Br. The van der Waals surface area contributed by atoms with Crippen molar-refractivity contribution < 1.29 is 13.2 Å². The smallest absolute Gasteiger partial charge is 0.252 e. The van der Waals surface area contributed by atoms with Gasteiger partial charge in [-0.15, -0.1) is 11.3 Å². The number of halogens is 1. The first-order chi connectivity index (χ1) is 11.0. The minimum atomic E-state index is -3.58. The van der Waals surface area contributed by atoms with Gasteiger partial charge in [-0.05, 0) is 58.4 Å². The fourth-order valence-electron chi connectivity index (χ4n) is 2.01. The van der Waals surface area contributed by atoms with Crippen molar-refractivity contribution in [3.8, 4) is 0 Å². The van der Waals surface area contributed by atoms with Gasteiger partial charge < -0.3 is 5.32 Å². The molecule has 23 heavy (non-hydrogen) atoms. The minimum absolute atomic E-state index is 0.0275. The van der Waals surface area contributed by atoms with Crippen LogP contribution < -0.4 is 10.0 Å². The highest BCUT2D eigenvalue weighted by Gasteiger charge is 2.28. The number of sulfonamides is 1.